The molecule has 103 heavy (non-hydrogen) atoms. The van der Waals surface area contributed by atoms with Crippen LogP contribution < -0.4 is 5.46 Å². The van der Waals surface area contributed by atoms with Gasteiger partial charge in [0.25, 0.3) is 0 Å². The van der Waals surface area contributed by atoms with Crippen LogP contribution in [0.4, 0.5) is 0 Å². The van der Waals surface area contributed by atoms with Crippen molar-refractivity contribution >= 4 is 129 Å². The third-order valence-electron chi connectivity index (χ3n) is 20.3. The molecule has 5 heterocycles. The van der Waals surface area contributed by atoms with Crippen LogP contribution in [0.25, 0.3) is 154 Å². The van der Waals surface area contributed by atoms with Gasteiger partial charge in [-0.2, -0.15) is 24.0 Å². The summed E-state index contributed by atoms with van der Waals surface area (Å²) in [6, 6.07) is 114. The zero-order valence-electron chi connectivity index (χ0n) is 56.9. The van der Waals surface area contributed by atoms with Crippen molar-refractivity contribution < 1.29 is 18.1 Å². The van der Waals surface area contributed by atoms with Crippen molar-refractivity contribution in [2.24, 2.45) is 0 Å². The number of nitrogens with zero attached hydrogens (tertiary/aromatic N) is 4. The van der Waals surface area contributed by atoms with Crippen molar-refractivity contribution in [1.82, 2.24) is 9.13 Å². The number of para-hydroxylation sites is 4. The van der Waals surface area contributed by atoms with Crippen molar-refractivity contribution in [3.05, 3.63) is 331 Å². The number of hydrogen-bond donors (Lipinski definition) is 0. The smallest absolute Gasteiger partial charge is 0.456 e. The Balaban J connectivity index is 0.000000125. The molecule has 0 spiro atoms. The molecule has 0 atom stereocenters. The lowest BCUT2D eigenvalue weighted by Gasteiger charge is -2.32. The molecule has 0 N–H and O–H groups in total. The lowest BCUT2D eigenvalue weighted by Crippen LogP contribution is -2.41. The van der Waals surface area contributed by atoms with Gasteiger partial charge in [0.2, 0.25) is 0 Å². The Hall–Kier alpha value is -11.9. The third kappa shape index (κ3) is 11.8. The van der Waals surface area contributed by atoms with E-state index in [2.05, 4.69) is 289 Å². The van der Waals surface area contributed by atoms with Crippen molar-refractivity contribution in [3.8, 4) is 79.1 Å². The molecule has 0 saturated carbocycles. The molecular weight excluding hydrogens is 1350 g/mol. The van der Waals surface area contributed by atoms with Crippen LogP contribution in [0.1, 0.15) is 38.8 Å². The van der Waals surface area contributed by atoms with E-state index in [1.807, 2.05) is 91.0 Å². The van der Waals surface area contributed by atoms with E-state index in [9.17, 15) is 10.5 Å². The highest BCUT2D eigenvalue weighted by molar-refractivity contribution is 9.10. The Bertz CT molecular complexity index is 6400. The van der Waals surface area contributed by atoms with E-state index in [4.69, 9.17) is 18.1 Å². The number of fused-ring (bicyclic) bond motifs is 12. The molecule has 1 aliphatic heterocycles. The molecule has 1 saturated heterocycles. The van der Waals surface area contributed by atoms with Crippen LogP contribution in [0, 0.1) is 22.7 Å². The van der Waals surface area contributed by atoms with E-state index in [0.29, 0.717) is 11.1 Å². The van der Waals surface area contributed by atoms with Gasteiger partial charge < -0.3 is 27.3 Å². The summed E-state index contributed by atoms with van der Waals surface area (Å²) in [6.45, 7) is 8.26. The van der Waals surface area contributed by atoms with Gasteiger partial charge in [-0.05, 0) is 198 Å². The van der Waals surface area contributed by atoms with Crippen molar-refractivity contribution in [3.63, 3.8) is 0 Å². The van der Waals surface area contributed by atoms with Crippen molar-refractivity contribution in [2.45, 2.75) is 38.9 Å². The topological polar surface area (TPSA) is 102 Å². The number of rotatable bonds is 8. The molecule has 0 unspecified atom stereocenters. The molecule has 0 aliphatic carbocycles. The van der Waals surface area contributed by atoms with Crippen LogP contribution in [0.5, 0.6) is 0 Å². The van der Waals surface area contributed by atoms with E-state index >= 15 is 0 Å². The van der Waals surface area contributed by atoms with Gasteiger partial charge in [0.1, 0.15) is 22.3 Å². The second-order valence-electron chi connectivity index (χ2n) is 26.9. The predicted octanol–water partition coefficient (Wildman–Crippen LogP) is 24.3. The van der Waals surface area contributed by atoms with Crippen molar-refractivity contribution in [1.29, 1.82) is 10.5 Å². The highest BCUT2D eigenvalue weighted by Crippen LogP contribution is 2.45. The van der Waals surface area contributed by atoms with Crippen LogP contribution in [0.3, 0.4) is 0 Å². The maximum absolute atomic E-state index is 9.61. The van der Waals surface area contributed by atoms with Gasteiger partial charge in [0.15, 0.2) is 0 Å². The molecule has 0 bridgehead atoms. The number of aromatic nitrogens is 2. The molecular formula is C92H66BBrN4O4S. The molecule has 0 radical (unpaired) electrons. The number of nitriles is 2. The predicted molar refractivity (Wildman–Crippen MR) is 433 cm³/mol. The van der Waals surface area contributed by atoms with Crippen LogP contribution in [0.15, 0.2) is 329 Å². The maximum Gasteiger partial charge on any atom is 0.494 e. The molecule has 8 nitrogen and oxygen atoms in total. The van der Waals surface area contributed by atoms with Crippen LogP contribution in [-0.4, -0.2) is 27.5 Å². The van der Waals surface area contributed by atoms with Crippen LogP contribution in [-0.2, 0) is 9.31 Å². The summed E-state index contributed by atoms with van der Waals surface area (Å²) in [6.07, 6.45) is 0. The molecule has 1 aliphatic rings. The first-order chi connectivity index (χ1) is 49.9. The Morgan fingerprint density at radius 1 is 0.320 bits per heavy atom. The van der Waals surface area contributed by atoms with Gasteiger partial charge in [-0.25, -0.2) is 0 Å². The molecule has 1 fully saturated rings. The number of furan rings is 2. The summed E-state index contributed by atoms with van der Waals surface area (Å²) < 4.78 is 30.6. The standard InChI is InChI=1S/C43H26N2O.C25H23BN2O2.C24H15BrO.H2S/c44-27-28-20-23-40-38(24-28)35-14-4-6-18-39(35)45(40)32-13-8-12-30(25-32)34-17-9-16-33(29-10-2-1-3-11-29)43(34)31-21-22-37-36-15-5-7-19-41(36)46-42(37)26-31;1-24(2)25(3,4)30-26(29-24)18-8-7-9-19(15-18)28-22-11-6-5-10-20(22)21-14-17(16-27)12-13-23(21)28;25-21-11-6-10-18(16-7-2-1-3-8-16)24(21)17-13-14-20-19-9-4-5-12-22(19)26-23(20)15-17;/h1-26H;5-15H,1-4H3;1-15H;1H2. The monoisotopic (exact) mass is 1410 g/mol. The van der Waals surface area contributed by atoms with E-state index in [-0.39, 0.29) is 24.7 Å². The average Bonchev–Trinajstić information content (AvgIpc) is 1.65. The summed E-state index contributed by atoms with van der Waals surface area (Å²) in [4.78, 5) is 0. The molecule has 4 aromatic heterocycles. The second kappa shape index (κ2) is 26.9. The minimum absolute atomic E-state index is 0. The minimum atomic E-state index is -0.409. The van der Waals surface area contributed by atoms with Crippen LogP contribution >= 0.6 is 29.4 Å². The van der Waals surface area contributed by atoms with E-state index in [1.165, 1.54) is 22.3 Å². The van der Waals surface area contributed by atoms with E-state index < -0.39 is 7.12 Å². The minimum Gasteiger partial charge on any atom is -0.456 e. The first-order valence-corrected chi connectivity index (χ1v) is 35.0. The molecule has 14 aromatic carbocycles. The lowest BCUT2D eigenvalue weighted by molar-refractivity contribution is 0.00578. The molecule has 494 valence electrons. The van der Waals surface area contributed by atoms with E-state index in [0.717, 1.165) is 142 Å². The molecule has 11 heteroatoms. The average molecular weight is 1410 g/mol. The summed E-state index contributed by atoms with van der Waals surface area (Å²) in [5, 5.41) is 27.9. The van der Waals surface area contributed by atoms with Crippen LogP contribution in [0.2, 0.25) is 0 Å². The van der Waals surface area contributed by atoms with Gasteiger partial charge in [0, 0.05) is 64.5 Å². The Morgan fingerprint density at radius 3 is 1.24 bits per heavy atom. The van der Waals surface area contributed by atoms with E-state index in [1.54, 1.807) is 0 Å². The largest absolute Gasteiger partial charge is 0.494 e. The lowest BCUT2D eigenvalue weighted by atomic mass is 9.79. The molecule has 18 aromatic rings. The highest BCUT2D eigenvalue weighted by atomic mass is 79.9. The third-order valence-corrected chi connectivity index (χ3v) is 20.9. The first kappa shape index (κ1) is 65.7. The zero-order valence-corrected chi connectivity index (χ0v) is 59.5. The van der Waals surface area contributed by atoms with Gasteiger partial charge >= 0.3 is 7.12 Å². The normalized spacial score (nSPS) is 13.1. The number of halogens is 1. The van der Waals surface area contributed by atoms with Gasteiger partial charge in [-0.3, -0.25) is 0 Å². The number of hydrogen-bond acceptors (Lipinski definition) is 6. The van der Waals surface area contributed by atoms with Gasteiger partial charge in [-0.15, -0.1) is 0 Å². The Kier molecular flexibility index (Phi) is 17.1. The summed E-state index contributed by atoms with van der Waals surface area (Å²) in [7, 11) is -0.409. The molecule has 0 amide bonds. The summed E-state index contributed by atoms with van der Waals surface area (Å²) in [5.41, 5.74) is 23.2. The first-order valence-electron chi connectivity index (χ1n) is 34.2. The molecule has 19 rings (SSSR count). The Labute approximate surface area is 612 Å². The van der Waals surface area contributed by atoms with Gasteiger partial charge in [0.05, 0.1) is 56.5 Å². The van der Waals surface area contributed by atoms with Gasteiger partial charge in [-0.1, -0.05) is 216 Å². The SMILES string of the molecule is Brc1cccc(-c2ccccc2)c1-c1ccc2c(c1)oc1ccccc12.CC1(C)OB(c2cccc(-n3c4ccccc4c4cc(C#N)ccc43)c2)OC1(C)C.N#Cc1ccc2c(c1)c1ccccc1n2-c1cccc(-c2cccc(-c3ccccc3)c2-c2ccc3c(c2)oc2ccccc23)c1.S. The maximum atomic E-state index is 9.61. The fourth-order valence-electron chi connectivity index (χ4n) is 14.6. The fourth-order valence-corrected chi connectivity index (χ4v) is 15.2. The summed E-state index contributed by atoms with van der Waals surface area (Å²) in [5.74, 6) is 0. The Morgan fingerprint density at radius 2 is 0.718 bits per heavy atom. The zero-order chi connectivity index (χ0) is 69.2. The quantitative estimate of drug-likeness (QED) is 0.140. The number of benzene rings is 14. The second-order valence-corrected chi connectivity index (χ2v) is 27.7. The van der Waals surface area contributed by atoms with Crippen molar-refractivity contribution in [2.75, 3.05) is 0 Å². The summed E-state index contributed by atoms with van der Waals surface area (Å²) >= 11 is 3.75. The fraction of sp³-hybridized carbons (Fsp3) is 0.0652. The highest BCUT2D eigenvalue weighted by Gasteiger charge is 2.51.